The van der Waals surface area contributed by atoms with E-state index in [1.54, 1.807) is 24.3 Å². The van der Waals surface area contributed by atoms with Crippen LogP contribution in [0, 0.1) is 0 Å². The third-order valence-electron chi connectivity index (χ3n) is 4.21. The van der Waals surface area contributed by atoms with E-state index in [0.29, 0.717) is 23.9 Å². The van der Waals surface area contributed by atoms with Gasteiger partial charge in [-0.1, -0.05) is 30.3 Å². The molecule has 5 nitrogen and oxygen atoms in total. The normalized spacial score (nSPS) is 12.4. The molecule has 0 fully saturated rings. The van der Waals surface area contributed by atoms with Gasteiger partial charge in [0.15, 0.2) is 5.78 Å². The maximum Gasteiger partial charge on any atom is 0.176 e. The van der Waals surface area contributed by atoms with Crippen LogP contribution in [0.2, 0.25) is 0 Å². The van der Waals surface area contributed by atoms with E-state index in [4.69, 9.17) is 10.5 Å². The Hall–Kier alpha value is -2.21. The minimum absolute atomic E-state index is 0.00856. The molecule has 5 heteroatoms. The van der Waals surface area contributed by atoms with E-state index >= 15 is 0 Å². The lowest BCUT2D eigenvalue weighted by Gasteiger charge is -2.28. The minimum Gasteiger partial charge on any atom is -0.491 e. The monoisotopic (exact) mass is 356 g/mol. The molecule has 2 rings (SSSR count). The van der Waals surface area contributed by atoms with Gasteiger partial charge in [0.25, 0.3) is 0 Å². The first kappa shape index (κ1) is 20.1. The predicted octanol–water partition coefficient (Wildman–Crippen LogP) is 2.48. The van der Waals surface area contributed by atoms with E-state index in [0.717, 1.165) is 6.54 Å². The third kappa shape index (κ3) is 6.26. The van der Waals surface area contributed by atoms with E-state index in [2.05, 4.69) is 30.9 Å². The molecule has 0 aromatic heterocycles. The van der Waals surface area contributed by atoms with Crippen molar-refractivity contribution in [2.24, 2.45) is 5.73 Å². The maximum atomic E-state index is 11.5. The van der Waals surface area contributed by atoms with Crippen molar-refractivity contribution in [3.8, 4) is 5.75 Å². The molecule has 0 radical (unpaired) electrons. The summed E-state index contributed by atoms with van der Waals surface area (Å²) in [6.07, 6.45) is -0.605. The molecule has 0 saturated heterocycles. The Bertz CT molecular complexity index is 671. The smallest absolute Gasteiger partial charge is 0.176 e. The van der Waals surface area contributed by atoms with Crippen LogP contribution >= 0.6 is 0 Å². The average molecular weight is 356 g/mol. The number of carbonyl (C=O) groups excluding carboxylic acids is 1. The van der Waals surface area contributed by atoms with Crippen LogP contribution in [-0.4, -0.2) is 47.6 Å². The maximum absolute atomic E-state index is 11.5. The summed E-state index contributed by atoms with van der Waals surface area (Å²) in [7, 11) is 0. The molecule has 0 saturated carbocycles. The molecule has 1 atom stereocenters. The molecule has 0 aliphatic rings. The van der Waals surface area contributed by atoms with Crippen molar-refractivity contribution >= 4 is 5.78 Å². The van der Waals surface area contributed by atoms with Gasteiger partial charge in [-0.15, -0.1) is 0 Å². The zero-order chi connectivity index (χ0) is 18.9. The van der Waals surface area contributed by atoms with E-state index < -0.39 is 6.10 Å². The minimum atomic E-state index is -0.605. The van der Waals surface area contributed by atoms with Gasteiger partial charge < -0.3 is 15.6 Å². The number of nitrogens with zero attached hydrogens (tertiary/aromatic N) is 1. The molecule has 2 aromatic rings. The summed E-state index contributed by atoms with van der Waals surface area (Å²) in [5, 5.41) is 10.4. The van der Waals surface area contributed by atoms with E-state index in [9.17, 15) is 9.90 Å². The van der Waals surface area contributed by atoms with Crippen molar-refractivity contribution < 1.29 is 14.6 Å². The summed E-state index contributed by atoms with van der Waals surface area (Å²) in [5.41, 5.74) is 7.13. The van der Waals surface area contributed by atoms with Crippen LogP contribution in [0.1, 0.15) is 29.8 Å². The van der Waals surface area contributed by atoms with Gasteiger partial charge in [-0.05, 0) is 43.7 Å². The number of ketones is 1. The van der Waals surface area contributed by atoms with Gasteiger partial charge in [0.05, 0.1) is 6.54 Å². The Labute approximate surface area is 155 Å². The second-order valence-corrected chi connectivity index (χ2v) is 6.63. The fraction of sp³-hybridized carbons (Fsp3) is 0.381. The molecule has 0 aliphatic heterocycles. The summed E-state index contributed by atoms with van der Waals surface area (Å²) in [5.74, 6) is 0.516. The predicted molar refractivity (Wildman–Crippen MR) is 103 cm³/mol. The number of ether oxygens (including phenoxy) is 1. The summed E-state index contributed by atoms with van der Waals surface area (Å²) in [6, 6.07) is 17.3. The van der Waals surface area contributed by atoms with Crippen molar-refractivity contribution in [3.63, 3.8) is 0 Å². The lowest BCUT2D eigenvalue weighted by Crippen LogP contribution is -2.39. The number of rotatable bonds is 10. The van der Waals surface area contributed by atoms with Crippen LogP contribution in [0.5, 0.6) is 5.75 Å². The lowest BCUT2D eigenvalue weighted by molar-refractivity contribution is 0.0543. The van der Waals surface area contributed by atoms with Crippen LogP contribution in [0.3, 0.4) is 0 Å². The molecule has 140 valence electrons. The zero-order valence-corrected chi connectivity index (χ0v) is 15.5. The molecule has 2 aromatic carbocycles. The molecule has 0 amide bonds. The van der Waals surface area contributed by atoms with Crippen LogP contribution in [0.15, 0.2) is 54.6 Å². The quantitative estimate of drug-likeness (QED) is 0.640. The fourth-order valence-corrected chi connectivity index (χ4v) is 2.65. The molecule has 1 unspecified atom stereocenters. The highest BCUT2D eigenvalue weighted by atomic mass is 16.5. The first-order chi connectivity index (χ1) is 12.5. The van der Waals surface area contributed by atoms with Gasteiger partial charge in [0.1, 0.15) is 18.5 Å². The van der Waals surface area contributed by atoms with E-state index in [1.807, 2.05) is 18.2 Å². The van der Waals surface area contributed by atoms with Crippen LogP contribution in [0.25, 0.3) is 0 Å². The summed E-state index contributed by atoms with van der Waals surface area (Å²) in [4.78, 5) is 13.7. The molecule has 3 N–H and O–H groups in total. The molecule has 0 aliphatic carbocycles. The number of aliphatic hydroxyl groups excluding tert-OH is 1. The van der Waals surface area contributed by atoms with Gasteiger partial charge in [-0.3, -0.25) is 9.69 Å². The first-order valence-electron chi connectivity index (χ1n) is 8.91. The standard InChI is InChI=1S/C21H28N2O3/c1-16(2)23(13-17-6-4-3-5-7-17)14-19(24)15-26-20-10-8-18(9-11-20)21(25)12-22/h3-11,16,19,24H,12-15,22H2,1-2H3. The van der Waals surface area contributed by atoms with E-state index in [1.165, 1.54) is 5.56 Å². The Morgan fingerprint density at radius 3 is 2.35 bits per heavy atom. The summed E-state index contributed by atoms with van der Waals surface area (Å²) < 4.78 is 5.65. The Morgan fingerprint density at radius 1 is 1.12 bits per heavy atom. The van der Waals surface area contributed by atoms with Crippen molar-refractivity contribution in [1.29, 1.82) is 0 Å². The second kappa shape index (κ2) is 10.1. The molecule has 0 bridgehead atoms. The number of nitrogens with two attached hydrogens (primary N) is 1. The number of Topliss-reactive ketones (excluding diaryl/α,β-unsaturated/α-hetero) is 1. The number of aliphatic hydroxyl groups is 1. The number of hydrogen-bond donors (Lipinski definition) is 2. The van der Waals surface area contributed by atoms with E-state index in [-0.39, 0.29) is 18.9 Å². The molecule has 0 spiro atoms. The molecule has 0 heterocycles. The molecular weight excluding hydrogens is 328 g/mol. The van der Waals surface area contributed by atoms with Crippen LogP contribution in [-0.2, 0) is 6.54 Å². The van der Waals surface area contributed by atoms with Crippen LogP contribution in [0.4, 0.5) is 0 Å². The summed E-state index contributed by atoms with van der Waals surface area (Å²) >= 11 is 0. The van der Waals surface area contributed by atoms with Gasteiger partial charge in [-0.25, -0.2) is 0 Å². The second-order valence-electron chi connectivity index (χ2n) is 6.63. The van der Waals surface area contributed by atoms with Crippen molar-refractivity contribution in [2.45, 2.75) is 32.5 Å². The zero-order valence-electron chi connectivity index (χ0n) is 15.5. The number of carbonyl (C=O) groups is 1. The first-order valence-corrected chi connectivity index (χ1v) is 8.91. The van der Waals surface area contributed by atoms with Crippen molar-refractivity contribution in [2.75, 3.05) is 19.7 Å². The van der Waals surface area contributed by atoms with Crippen molar-refractivity contribution in [3.05, 3.63) is 65.7 Å². The Morgan fingerprint density at radius 2 is 1.77 bits per heavy atom. The highest BCUT2D eigenvalue weighted by Gasteiger charge is 2.16. The third-order valence-corrected chi connectivity index (χ3v) is 4.21. The highest BCUT2D eigenvalue weighted by Crippen LogP contribution is 2.14. The highest BCUT2D eigenvalue weighted by molar-refractivity contribution is 5.97. The van der Waals surface area contributed by atoms with Crippen LogP contribution < -0.4 is 10.5 Å². The fourth-order valence-electron chi connectivity index (χ4n) is 2.65. The van der Waals surface area contributed by atoms with Crippen molar-refractivity contribution in [1.82, 2.24) is 4.90 Å². The SMILES string of the molecule is CC(C)N(Cc1ccccc1)CC(O)COc1ccc(C(=O)CN)cc1. The van der Waals surface area contributed by atoms with Gasteiger partial charge in [0, 0.05) is 24.7 Å². The lowest BCUT2D eigenvalue weighted by atomic mass is 10.1. The number of hydrogen-bond acceptors (Lipinski definition) is 5. The Balaban J connectivity index is 1.85. The van der Waals surface area contributed by atoms with Gasteiger partial charge in [0.2, 0.25) is 0 Å². The van der Waals surface area contributed by atoms with Gasteiger partial charge in [-0.2, -0.15) is 0 Å². The van der Waals surface area contributed by atoms with Gasteiger partial charge >= 0.3 is 0 Å². The Kier molecular flexibility index (Phi) is 7.78. The number of benzene rings is 2. The largest absolute Gasteiger partial charge is 0.491 e. The molecular formula is C21H28N2O3. The summed E-state index contributed by atoms with van der Waals surface area (Å²) in [6.45, 7) is 5.72. The average Bonchev–Trinajstić information content (AvgIpc) is 2.66. The molecule has 26 heavy (non-hydrogen) atoms. The topological polar surface area (TPSA) is 75.8 Å².